The van der Waals surface area contributed by atoms with Crippen molar-refractivity contribution in [2.45, 2.75) is 26.3 Å². The van der Waals surface area contributed by atoms with E-state index < -0.39 is 0 Å². The van der Waals surface area contributed by atoms with Crippen LogP contribution in [0, 0.1) is 5.92 Å². The summed E-state index contributed by atoms with van der Waals surface area (Å²) in [7, 11) is 6.02. The Hall–Kier alpha value is -1.49. The molecule has 1 aliphatic rings. The van der Waals surface area contributed by atoms with Crippen molar-refractivity contribution in [2.24, 2.45) is 18.0 Å². The summed E-state index contributed by atoms with van der Waals surface area (Å²) in [5.41, 5.74) is 1.29. The van der Waals surface area contributed by atoms with Gasteiger partial charge in [-0.25, -0.2) is 0 Å². The van der Waals surface area contributed by atoms with Crippen molar-refractivity contribution in [3.05, 3.63) is 24.0 Å². The van der Waals surface area contributed by atoms with Crippen molar-refractivity contribution in [2.75, 3.05) is 40.3 Å². The van der Waals surface area contributed by atoms with Crippen LogP contribution in [0.5, 0.6) is 0 Å². The van der Waals surface area contributed by atoms with E-state index in [1.54, 1.807) is 0 Å². The molecule has 1 fully saturated rings. The van der Waals surface area contributed by atoms with Crippen LogP contribution in [0.15, 0.2) is 23.3 Å². The number of nitrogens with one attached hydrogen (secondary N) is 1. The number of guanidine groups is 1. The van der Waals surface area contributed by atoms with Gasteiger partial charge in [0.25, 0.3) is 0 Å². The highest BCUT2D eigenvalue weighted by Crippen LogP contribution is 2.15. The summed E-state index contributed by atoms with van der Waals surface area (Å²) in [6, 6.07) is 4.23. The third-order valence-electron chi connectivity index (χ3n) is 4.61. The van der Waals surface area contributed by atoms with Crippen molar-refractivity contribution in [3.63, 3.8) is 0 Å². The molecule has 0 bridgehead atoms. The van der Waals surface area contributed by atoms with Gasteiger partial charge in [0.15, 0.2) is 5.96 Å². The van der Waals surface area contributed by atoms with Crippen molar-refractivity contribution in [1.29, 1.82) is 0 Å². The second kappa shape index (κ2) is 8.22. The smallest absolute Gasteiger partial charge is 0.193 e. The van der Waals surface area contributed by atoms with Crippen molar-refractivity contribution in [1.82, 2.24) is 19.7 Å². The lowest BCUT2D eigenvalue weighted by Crippen LogP contribution is -2.43. The molecule has 5 nitrogen and oxygen atoms in total. The maximum absolute atomic E-state index is 4.40. The largest absolute Gasteiger partial charge is 0.355 e. The normalized spacial score (nSPS) is 17.7. The van der Waals surface area contributed by atoms with E-state index in [1.807, 2.05) is 7.05 Å². The van der Waals surface area contributed by atoms with Gasteiger partial charge < -0.3 is 19.7 Å². The molecular formula is C17H31N5. The Balaban J connectivity index is 1.74. The summed E-state index contributed by atoms with van der Waals surface area (Å²) in [5.74, 6) is 1.86. The highest BCUT2D eigenvalue weighted by molar-refractivity contribution is 5.79. The van der Waals surface area contributed by atoms with Crippen LogP contribution in [-0.2, 0) is 13.6 Å². The molecule has 1 aromatic heterocycles. The van der Waals surface area contributed by atoms with E-state index in [0.29, 0.717) is 0 Å². The van der Waals surface area contributed by atoms with Gasteiger partial charge in [-0.3, -0.25) is 4.99 Å². The Morgan fingerprint density at radius 2 is 2.14 bits per heavy atom. The minimum atomic E-state index is 0.865. The molecule has 0 aliphatic carbocycles. The zero-order valence-corrected chi connectivity index (χ0v) is 14.5. The van der Waals surface area contributed by atoms with E-state index >= 15 is 0 Å². The molecule has 22 heavy (non-hydrogen) atoms. The topological polar surface area (TPSA) is 35.8 Å². The van der Waals surface area contributed by atoms with Gasteiger partial charge in [0.2, 0.25) is 0 Å². The van der Waals surface area contributed by atoms with Crippen molar-refractivity contribution >= 4 is 5.96 Å². The molecule has 0 saturated carbocycles. The maximum atomic E-state index is 4.40. The van der Waals surface area contributed by atoms with Crippen LogP contribution >= 0.6 is 0 Å². The molecule has 0 amide bonds. The fourth-order valence-corrected chi connectivity index (χ4v) is 2.97. The van der Waals surface area contributed by atoms with Crippen LogP contribution in [0.25, 0.3) is 0 Å². The average molecular weight is 305 g/mol. The fourth-order valence-electron chi connectivity index (χ4n) is 2.97. The van der Waals surface area contributed by atoms with E-state index in [2.05, 4.69) is 64.0 Å². The Morgan fingerprint density at radius 1 is 1.41 bits per heavy atom. The third kappa shape index (κ3) is 4.77. The van der Waals surface area contributed by atoms with Crippen molar-refractivity contribution < 1.29 is 0 Å². The summed E-state index contributed by atoms with van der Waals surface area (Å²) in [6.07, 6.45) is 4.75. The first-order valence-corrected chi connectivity index (χ1v) is 8.34. The standard InChI is InChI=1S/C17H31N5/c1-15-7-11-22(12-8-15)13-9-19-17(18-2)21(4)14-16-6-5-10-20(16)3/h5-6,10,15H,7-9,11-14H2,1-4H3,(H,18,19). The molecule has 1 aliphatic heterocycles. The molecule has 0 spiro atoms. The molecule has 0 atom stereocenters. The molecule has 0 aromatic carbocycles. The SMILES string of the molecule is CN=C(NCCN1CCC(C)CC1)N(C)Cc1cccn1C. The van der Waals surface area contributed by atoms with Gasteiger partial charge in [0.05, 0.1) is 6.54 Å². The first-order valence-electron chi connectivity index (χ1n) is 8.34. The second-order valence-corrected chi connectivity index (χ2v) is 6.46. The molecule has 5 heteroatoms. The number of likely N-dealkylation sites (tertiary alicyclic amines) is 1. The zero-order chi connectivity index (χ0) is 15.9. The maximum Gasteiger partial charge on any atom is 0.193 e. The minimum Gasteiger partial charge on any atom is -0.355 e. The number of rotatable bonds is 5. The molecule has 2 heterocycles. The first kappa shape index (κ1) is 16.9. The van der Waals surface area contributed by atoms with Crippen LogP contribution in [0.3, 0.4) is 0 Å². The van der Waals surface area contributed by atoms with E-state index in [1.165, 1.54) is 31.6 Å². The molecular weight excluding hydrogens is 274 g/mol. The predicted molar refractivity (Wildman–Crippen MR) is 93.1 cm³/mol. The van der Waals surface area contributed by atoms with E-state index in [4.69, 9.17) is 0 Å². The Bertz CT molecular complexity index is 471. The average Bonchev–Trinajstić information content (AvgIpc) is 2.90. The summed E-state index contributed by atoms with van der Waals surface area (Å²) < 4.78 is 2.15. The van der Waals surface area contributed by atoms with Gasteiger partial charge in [-0.2, -0.15) is 0 Å². The highest BCUT2D eigenvalue weighted by atomic mass is 15.3. The van der Waals surface area contributed by atoms with E-state index in [9.17, 15) is 0 Å². The molecule has 2 rings (SSSR count). The molecule has 0 unspecified atom stereocenters. The molecule has 0 radical (unpaired) electrons. The van der Waals surface area contributed by atoms with Gasteiger partial charge in [0.1, 0.15) is 0 Å². The van der Waals surface area contributed by atoms with Crippen LogP contribution < -0.4 is 5.32 Å². The van der Waals surface area contributed by atoms with Gasteiger partial charge in [-0.1, -0.05) is 6.92 Å². The number of aromatic nitrogens is 1. The number of aryl methyl sites for hydroxylation is 1. The zero-order valence-electron chi connectivity index (χ0n) is 14.5. The second-order valence-electron chi connectivity index (χ2n) is 6.46. The van der Waals surface area contributed by atoms with E-state index in [0.717, 1.165) is 31.5 Å². The predicted octanol–water partition coefficient (Wildman–Crippen LogP) is 1.76. The molecule has 1 N–H and O–H groups in total. The Morgan fingerprint density at radius 3 is 2.73 bits per heavy atom. The number of hydrogen-bond donors (Lipinski definition) is 1. The number of piperidine rings is 1. The van der Waals surface area contributed by atoms with Crippen LogP contribution in [0.1, 0.15) is 25.5 Å². The lowest BCUT2D eigenvalue weighted by atomic mass is 9.99. The lowest BCUT2D eigenvalue weighted by Gasteiger charge is -2.30. The lowest BCUT2D eigenvalue weighted by molar-refractivity contribution is 0.195. The quantitative estimate of drug-likeness (QED) is 0.665. The molecule has 1 saturated heterocycles. The van der Waals surface area contributed by atoms with Gasteiger partial charge in [-0.15, -0.1) is 0 Å². The summed E-state index contributed by atoms with van der Waals surface area (Å²) in [4.78, 5) is 9.12. The third-order valence-corrected chi connectivity index (χ3v) is 4.61. The monoisotopic (exact) mass is 305 g/mol. The first-order chi connectivity index (χ1) is 10.6. The van der Waals surface area contributed by atoms with Gasteiger partial charge >= 0.3 is 0 Å². The highest BCUT2D eigenvalue weighted by Gasteiger charge is 2.15. The minimum absolute atomic E-state index is 0.865. The number of hydrogen-bond acceptors (Lipinski definition) is 2. The number of nitrogens with zero attached hydrogens (tertiary/aromatic N) is 4. The van der Waals surface area contributed by atoms with E-state index in [-0.39, 0.29) is 0 Å². The summed E-state index contributed by atoms with van der Waals surface area (Å²) >= 11 is 0. The summed E-state index contributed by atoms with van der Waals surface area (Å²) in [5, 5.41) is 3.48. The van der Waals surface area contributed by atoms with Crippen LogP contribution in [0.4, 0.5) is 0 Å². The van der Waals surface area contributed by atoms with Crippen LogP contribution in [0.2, 0.25) is 0 Å². The molecule has 1 aromatic rings. The Labute approximate surface area is 135 Å². The van der Waals surface area contributed by atoms with Crippen molar-refractivity contribution in [3.8, 4) is 0 Å². The van der Waals surface area contributed by atoms with Gasteiger partial charge in [0, 0.05) is 46.1 Å². The van der Waals surface area contributed by atoms with Crippen LogP contribution in [-0.4, -0.2) is 60.6 Å². The summed E-state index contributed by atoms with van der Waals surface area (Å²) in [6.45, 7) is 7.75. The Kier molecular flexibility index (Phi) is 6.31. The van der Waals surface area contributed by atoms with Gasteiger partial charge in [-0.05, 0) is 44.0 Å². The number of aliphatic imine (C=N–C) groups is 1. The fraction of sp³-hybridized carbons (Fsp3) is 0.706. The molecule has 124 valence electrons.